The fourth-order valence-corrected chi connectivity index (χ4v) is 2.89. The monoisotopic (exact) mass is 305 g/mol. The first-order valence-electron chi connectivity index (χ1n) is 7.23. The Morgan fingerprint density at radius 3 is 2.70 bits per heavy atom. The predicted octanol–water partition coefficient (Wildman–Crippen LogP) is 0.162. The van der Waals surface area contributed by atoms with Gasteiger partial charge in [0.2, 0.25) is 15.9 Å². The molecule has 7 heteroatoms. The molecule has 1 heterocycles. The van der Waals surface area contributed by atoms with E-state index in [1.54, 1.807) is 0 Å². The van der Waals surface area contributed by atoms with Crippen LogP contribution in [0.4, 0.5) is 0 Å². The van der Waals surface area contributed by atoms with Gasteiger partial charge in [0.1, 0.15) is 0 Å². The van der Waals surface area contributed by atoms with Gasteiger partial charge in [-0.25, -0.2) is 13.1 Å². The lowest BCUT2D eigenvalue weighted by atomic mass is 9.98. The van der Waals surface area contributed by atoms with Gasteiger partial charge in [-0.15, -0.1) is 0 Å². The molecule has 6 nitrogen and oxygen atoms in total. The summed E-state index contributed by atoms with van der Waals surface area (Å²) >= 11 is 0. The quantitative estimate of drug-likeness (QED) is 0.702. The molecule has 1 saturated heterocycles. The van der Waals surface area contributed by atoms with Crippen molar-refractivity contribution in [3.63, 3.8) is 0 Å². The zero-order valence-corrected chi connectivity index (χ0v) is 13.5. The van der Waals surface area contributed by atoms with Gasteiger partial charge in [0.25, 0.3) is 0 Å². The number of amides is 1. The van der Waals surface area contributed by atoms with E-state index in [1.165, 1.54) is 0 Å². The molecule has 0 aliphatic carbocycles. The molecule has 1 unspecified atom stereocenters. The topological polar surface area (TPSA) is 78.5 Å². The van der Waals surface area contributed by atoms with Crippen LogP contribution >= 0.6 is 0 Å². The van der Waals surface area contributed by atoms with Crippen LogP contribution in [0, 0.1) is 5.92 Å². The van der Waals surface area contributed by atoms with Gasteiger partial charge in [0, 0.05) is 38.6 Å². The predicted molar refractivity (Wildman–Crippen MR) is 79.9 cm³/mol. The van der Waals surface area contributed by atoms with Crippen LogP contribution in [0.2, 0.25) is 0 Å². The van der Waals surface area contributed by atoms with Gasteiger partial charge in [-0.1, -0.05) is 13.8 Å². The fourth-order valence-electron chi connectivity index (χ4n) is 2.35. The first kappa shape index (κ1) is 17.4. The van der Waals surface area contributed by atoms with Gasteiger partial charge in [-0.3, -0.25) is 4.79 Å². The molecule has 0 radical (unpaired) electrons. The Bertz CT molecular complexity index is 409. The number of piperidine rings is 1. The molecule has 1 aliphatic rings. The summed E-state index contributed by atoms with van der Waals surface area (Å²) in [5.74, 6) is 0.377. The van der Waals surface area contributed by atoms with Crippen LogP contribution in [-0.4, -0.2) is 57.7 Å². The van der Waals surface area contributed by atoms with E-state index < -0.39 is 10.0 Å². The highest BCUT2D eigenvalue weighted by molar-refractivity contribution is 7.88. The molecule has 0 aromatic rings. The number of carbonyl (C=O) groups is 1. The third kappa shape index (κ3) is 7.21. The molecule has 0 aromatic carbocycles. The molecule has 0 saturated carbocycles. The van der Waals surface area contributed by atoms with Gasteiger partial charge in [-0.2, -0.15) is 0 Å². The van der Waals surface area contributed by atoms with Crippen molar-refractivity contribution in [2.75, 3.05) is 32.4 Å². The van der Waals surface area contributed by atoms with E-state index in [1.807, 2.05) is 4.90 Å². The van der Waals surface area contributed by atoms with Gasteiger partial charge in [-0.05, 0) is 18.8 Å². The summed E-state index contributed by atoms with van der Waals surface area (Å²) in [6.45, 7) is 6.67. The summed E-state index contributed by atoms with van der Waals surface area (Å²) in [7, 11) is -3.15. The van der Waals surface area contributed by atoms with Crippen LogP contribution in [0.5, 0.6) is 0 Å². The van der Waals surface area contributed by atoms with E-state index in [-0.39, 0.29) is 11.8 Å². The van der Waals surface area contributed by atoms with Crippen LogP contribution in [0.25, 0.3) is 0 Å². The molecule has 0 aromatic heterocycles. The molecule has 1 atom stereocenters. The summed E-state index contributed by atoms with van der Waals surface area (Å²) in [4.78, 5) is 13.9. The second-order valence-electron chi connectivity index (χ2n) is 5.83. The average Bonchev–Trinajstić information content (AvgIpc) is 2.35. The maximum absolute atomic E-state index is 12.1. The molecule has 118 valence electrons. The third-order valence-electron chi connectivity index (χ3n) is 3.40. The Morgan fingerprint density at radius 2 is 2.10 bits per heavy atom. The molecule has 1 aliphatic heterocycles. The number of sulfonamides is 1. The maximum atomic E-state index is 12.1. The Morgan fingerprint density at radius 1 is 1.40 bits per heavy atom. The molecule has 0 spiro atoms. The van der Waals surface area contributed by atoms with Crippen LogP contribution in [0.1, 0.15) is 33.1 Å². The number of nitrogens with zero attached hydrogens (tertiary/aromatic N) is 1. The van der Waals surface area contributed by atoms with Crippen molar-refractivity contribution in [1.29, 1.82) is 0 Å². The number of carbonyl (C=O) groups excluding carboxylic acids is 1. The Balaban J connectivity index is 2.34. The number of nitrogens with one attached hydrogen (secondary N) is 2. The summed E-state index contributed by atoms with van der Waals surface area (Å²) in [5, 5.41) is 3.23. The van der Waals surface area contributed by atoms with Crippen LogP contribution in [-0.2, 0) is 14.8 Å². The minimum Gasteiger partial charge on any atom is -0.342 e. The number of hydrogen-bond acceptors (Lipinski definition) is 4. The number of hydrogen-bond donors (Lipinski definition) is 2. The maximum Gasteiger partial charge on any atom is 0.223 e. The lowest BCUT2D eigenvalue weighted by molar-refractivity contribution is -0.132. The van der Waals surface area contributed by atoms with Crippen molar-refractivity contribution in [2.45, 2.75) is 39.2 Å². The van der Waals surface area contributed by atoms with Gasteiger partial charge in [0.15, 0.2) is 0 Å². The molecule has 20 heavy (non-hydrogen) atoms. The largest absolute Gasteiger partial charge is 0.342 e. The standard InChI is InChI=1S/C13H27N3O3S/c1-11(2)14-7-6-13(17)16-8-4-5-12(10-16)9-15-20(3,18)19/h11-12,14-15H,4-10H2,1-3H3. The van der Waals surface area contributed by atoms with Crippen molar-refractivity contribution in [1.82, 2.24) is 14.9 Å². The summed E-state index contributed by atoms with van der Waals surface area (Å²) < 4.78 is 24.7. The molecular formula is C13H27N3O3S. The van der Waals surface area contributed by atoms with E-state index in [0.717, 1.165) is 25.6 Å². The highest BCUT2D eigenvalue weighted by atomic mass is 32.2. The highest BCUT2D eigenvalue weighted by Gasteiger charge is 2.23. The van der Waals surface area contributed by atoms with E-state index in [2.05, 4.69) is 23.9 Å². The van der Waals surface area contributed by atoms with Crippen molar-refractivity contribution < 1.29 is 13.2 Å². The first-order valence-corrected chi connectivity index (χ1v) is 9.13. The van der Waals surface area contributed by atoms with Crippen molar-refractivity contribution in [3.05, 3.63) is 0 Å². The Hall–Kier alpha value is -0.660. The average molecular weight is 305 g/mol. The Kier molecular flexibility index (Phi) is 6.91. The van der Waals surface area contributed by atoms with Crippen molar-refractivity contribution >= 4 is 15.9 Å². The van der Waals surface area contributed by atoms with E-state index >= 15 is 0 Å². The number of rotatable bonds is 7. The first-order chi connectivity index (χ1) is 9.28. The van der Waals surface area contributed by atoms with Crippen molar-refractivity contribution in [2.24, 2.45) is 5.92 Å². The van der Waals surface area contributed by atoms with E-state index in [0.29, 0.717) is 32.1 Å². The van der Waals surface area contributed by atoms with Crippen LogP contribution < -0.4 is 10.0 Å². The molecule has 0 bridgehead atoms. The van der Waals surface area contributed by atoms with Gasteiger partial charge in [0.05, 0.1) is 6.26 Å². The summed E-state index contributed by atoms with van der Waals surface area (Å²) in [6.07, 6.45) is 3.58. The SMILES string of the molecule is CC(C)NCCC(=O)N1CCCC(CNS(C)(=O)=O)C1. The minimum absolute atomic E-state index is 0.155. The van der Waals surface area contributed by atoms with Gasteiger partial charge >= 0.3 is 0 Å². The Labute approximate surface area is 122 Å². The summed E-state index contributed by atoms with van der Waals surface area (Å²) in [6, 6.07) is 0.385. The zero-order valence-electron chi connectivity index (χ0n) is 12.7. The zero-order chi connectivity index (χ0) is 15.2. The second kappa shape index (κ2) is 7.95. The fraction of sp³-hybridized carbons (Fsp3) is 0.923. The van der Waals surface area contributed by atoms with E-state index in [9.17, 15) is 13.2 Å². The lowest BCUT2D eigenvalue weighted by Crippen LogP contribution is -2.44. The molecule has 1 fully saturated rings. The van der Waals surface area contributed by atoms with Crippen LogP contribution in [0.3, 0.4) is 0 Å². The molecule has 1 amide bonds. The van der Waals surface area contributed by atoms with Gasteiger partial charge < -0.3 is 10.2 Å². The third-order valence-corrected chi connectivity index (χ3v) is 4.09. The summed E-state index contributed by atoms with van der Waals surface area (Å²) in [5.41, 5.74) is 0. The minimum atomic E-state index is -3.15. The number of likely N-dealkylation sites (tertiary alicyclic amines) is 1. The van der Waals surface area contributed by atoms with E-state index in [4.69, 9.17) is 0 Å². The smallest absolute Gasteiger partial charge is 0.223 e. The van der Waals surface area contributed by atoms with Crippen LogP contribution in [0.15, 0.2) is 0 Å². The molecule has 1 rings (SSSR count). The van der Waals surface area contributed by atoms with Crippen molar-refractivity contribution in [3.8, 4) is 0 Å². The normalized spacial score (nSPS) is 20.4. The molecule has 2 N–H and O–H groups in total. The lowest BCUT2D eigenvalue weighted by Gasteiger charge is -2.33. The molecular weight excluding hydrogens is 278 g/mol. The highest BCUT2D eigenvalue weighted by Crippen LogP contribution is 2.16. The second-order valence-corrected chi connectivity index (χ2v) is 7.66.